The fraction of sp³-hybridized carbons (Fsp3) is 0.333. The van der Waals surface area contributed by atoms with Crippen molar-refractivity contribution in [3.05, 3.63) is 69.1 Å². The van der Waals surface area contributed by atoms with Crippen molar-refractivity contribution in [3.63, 3.8) is 0 Å². The molecule has 2 heterocycles. The van der Waals surface area contributed by atoms with Crippen molar-refractivity contribution in [2.45, 2.75) is 46.1 Å². The zero-order chi connectivity index (χ0) is 24.5. The average molecular weight is 489 g/mol. The molecule has 0 fully saturated rings. The smallest absolute Gasteiger partial charge is 0.263 e. The number of hydrogen-bond donors (Lipinski definition) is 1. The van der Waals surface area contributed by atoms with Crippen LogP contribution in [0.15, 0.2) is 52.6 Å². The summed E-state index contributed by atoms with van der Waals surface area (Å²) in [6.45, 7) is 6.37. The van der Waals surface area contributed by atoms with Crippen molar-refractivity contribution in [1.82, 2.24) is 15.0 Å². The fourth-order valence-electron chi connectivity index (χ4n) is 4.69. The number of hydrogen-bond acceptors (Lipinski definition) is 6. The van der Waals surface area contributed by atoms with Crippen molar-refractivity contribution in [1.29, 1.82) is 0 Å². The number of hydrazone groups is 1. The molecule has 0 radical (unpaired) electrons. The van der Waals surface area contributed by atoms with Gasteiger partial charge in [-0.2, -0.15) is 5.10 Å². The van der Waals surface area contributed by atoms with Gasteiger partial charge in [-0.3, -0.25) is 14.2 Å². The van der Waals surface area contributed by atoms with Crippen LogP contribution in [0.1, 0.15) is 49.2 Å². The second-order valence-corrected chi connectivity index (χ2v) is 10.1. The average Bonchev–Trinajstić information content (AvgIpc) is 3.23. The third kappa shape index (κ3) is 4.34. The van der Waals surface area contributed by atoms with Crippen LogP contribution in [0.2, 0.25) is 0 Å². The summed E-state index contributed by atoms with van der Waals surface area (Å²) in [6, 6.07) is 11.1. The Hall–Kier alpha value is -3.52. The predicted octanol–water partition coefficient (Wildman–Crippen LogP) is 4.85. The first-order valence-corrected chi connectivity index (χ1v) is 12.8. The van der Waals surface area contributed by atoms with Crippen LogP contribution in [0.4, 0.5) is 0 Å². The fourth-order valence-corrected chi connectivity index (χ4v) is 6.03. The molecule has 2 atom stereocenters. The molecular weight excluding hydrogens is 460 g/mol. The monoisotopic (exact) mass is 488 g/mol. The summed E-state index contributed by atoms with van der Waals surface area (Å²) in [5.74, 6) is 0.922. The molecule has 8 heteroatoms. The summed E-state index contributed by atoms with van der Waals surface area (Å²) in [5, 5.41) is 6.90. The predicted molar refractivity (Wildman–Crippen MR) is 141 cm³/mol. The van der Waals surface area contributed by atoms with Crippen LogP contribution in [0, 0.1) is 5.92 Å². The number of aromatic nitrogens is 2. The van der Waals surface area contributed by atoms with E-state index in [9.17, 15) is 9.59 Å². The van der Waals surface area contributed by atoms with Crippen molar-refractivity contribution >= 4 is 44.4 Å². The molecule has 35 heavy (non-hydrogen) atoms. The Bertz CT molecular complexity index is 1500. The summed E-state index contributed by atoms with van der Waals surface area (Å²) < 4.78 is 7.17. The molecule has 1 N–H and O–H groups in total. The van der Waals surface area contributed by atoms with E-state index in [1.165, 1.54) is 15.8 Å². The van der Waals surface area contributed by atoms with Gasteiger partial charge in [0.2, 0.25) is 0 Å². The van der Waals surface area contributed by atoms with E-state index in [1.807, 2.05) is 43.3 Å². The van der Waals surface area contributed by atoms with Gasteiger partial charge >= 0.3 is 0 Å². The minimum Gasteiger partial charge on any atom is -0.493 e. The maximum absolute atomic E-state index is 13.3. The molecule has 0 saturated carbocycles. The Labute approximate surface area is 207 Å². The lowest BCUT2D eigenvalue weighted by Crippen LogP contribution is -2.34. The van der Waals surface area contributed by atoms with Crippen LogP contribution in [0.3, 0.4) is 0 Å². The number of aryl methyl sites for hydroxylation is 1. The highest BCUT2D eigenvalue weighted by Gasteiger charge is 2.25. The van der Waals surface area contributed by atoms with E-state index in [0.717, 1.165) is 46.0 Å². The van der Waals surface area contributed by atoms with Crippen LogP contribution < -0.4 is 15.7 Å². The number of thiophene rings is 1. The number of carbonyl (C=O) groups is 1. The van der Waals surface area contributed by atoms with E-state index < -0.39 is 6.04 Å². The maximum Gasteiger partial charge on any atom is 0.263 e. The van der Waals surface area contributed by atoms with Gasteiger partial charge in [0.1, 0.15) is 16.6 Å². The Morgan fingerprint density at radius 1 is 1.34 bits per heavy atom. The van der Waals surface area contributed by atoms with Gasteiger partial charge in [0.15, 0.2) is 0 Å². The van der Waals surface area contributed by atoms with Crippen molar-refractivity contribution in [2.24, 2.45) is 11.0 Å². The van der Waals surface area contributed by atoms with Crippen LogP contribution in [0.25, 0.3) is 21.0 Å². The molecule has 0 bridgehead atoms. The van der Waals surface area contributed by atoms with Gasteiger partial charge in [0.25, 0.3) is 11.5 Å². The Balaban J connectivity index is 1.40. The van der Waals surface area contributed by atoms with Crippen LogP contribution in [-0.2, 0) is 17.6 Å². The molecule has 0 aliphatic heterocycles. The SMILES string of the molecule is CCOc1ccc2ccccc2c1/C=N\NC(=O)[C@@H](C)n1cnc2sc3c(c2c1=O)CC[C@H](C)C3. The summed E-state index contributed by atoms with van der Waals surface area (Å²) in [4.78, 5) is 32.8. The summed E-state index contributed by atoms with van der Waals surface area (Å²) in [7, 11) is 0. The van der Waals surface area contributed by atoms with Gasteiger partial charge in [-0.25, -0.2) is 10.4 Å². The van der Waals surface area contributed by atoms with E-state index in [0.29, 0.717) is 23.7 Å². The number of nitrogens with one attached hydrogen (secondary N) is 1. The number of fused-ring (bicyclic) bond motifs is 4. The molecule has 1 aliphatic carbocycles. The molecule has 1 amide bonds. The quantitative estimate of drug-likeness (QED) is 0.311. The van der Waals surface area contributed by atoms with Gasteiger partial charge < -0.3 is 4.74 Å². The normalized spacial score (nSPS) is 16.5. The molecule has 5 rings (SSSR count). The van der Waals surface area contributed by atoms with E-state index in [4.69, 9.17) is 4.74 Å². The summed E-state index contributed by atoms with van der Waals surface area (Å²) in [6.07, 6.45) is 6.00. The molecule has 180 valence electrons. The second-order valence-electron chi connectivity index (χ2n) is 9.03. The number of carbonyl (C=O) groups excluding carboxylic acids is 1. The molecule has 1 aliphatic rings. The Kier molecular flexibility index (Phi) is 6.38. The third-order valence-electron chi connectivity index (χ3n) is 6.64. The molecule has 4 aromatic rings. The summed E-state index contributed by atoms with van der Waals surface area (Å²) >= 11 is 1.60. The van der Waals surface area contributed by atoms with Crippen molar-refractivity contribution in [2.75, 3.05) is 6.61 Å². The van der Waals surface area contributed by atoms with Gasteiger partial charge in [0, 0.05) is 10.4 Å². The lowest BCUT2D eigenvalue weighted by atomic mass is 9.89. The molecule has 0 saturated heterocycles. The molecule has 2 aromatic carbocycles. The first-order valence-electron chi connectivity index (χ1n) is 12.0. The molecular formula is C27H28N4O3S. The van der Waals surface area contributed by atoms with E-state index in [-0.39, 0.29) is 11.5 Å². The second kappa shape index (κ2) is 9.62. The van der Waals surface area contributed by atoms with Crippen molar-refractivity contribution < 1.29 is 9.53 Å². The van der Waals surface area contributed by atoms with E-state index >= 15 is 0 Å². The maximum atomic E-state index is 13.3. The number of rotatable bonds is 6. The topological polar surface area (TPSA) is 85.6 Å². The third-order valence-corrected chi connectivity index (χ3v) is 7.80. The minimum absolute atomic E-state index is 0.165. The number of benzene rings is 2. The van der Waals surface area contributed by atoms with Crippen LogP contribution in [-0.4, -0.2) is 28.3 Å². The molecule has 2 aromatic heterocycles. The van der Waals surface area contributed by atoms with Gasteiger partial charge in [-0.05, 0) is 61.4 Å². The molecule has 0 unspecified atom stereocenters. The lowest BCUT2D eigenvalue weighted by Gasteiger charge is -2.18. The zero-order valence-corrected chi connectivity index (χ0v) is 20.9. The first kappa shape index (κ1) is 23.2. The Morgan fingerprint density at radius 3 is 3.00 bits per heavy atom. The zero-order valence-electron chi connectivity index (χ0n) is 20.1. The number of ether oxygens (including phenoxy) is 1. The van der Waals surface area contributed by atoms with Crippen LogP contribution in [0.5, 0.6) is 5.75 Å². The van der Waals surface area contributed by atoms with E-state index in [2.05, 4.69) is 22.4 Å². The van der Waals surface area contributed by atoms with Gasteiger partial charge in [-0.1, -0.05) is 37.3 Å². The largest absolute Gasteiger partial charge is 0.493 e. The van der Waals surface area contributed by atoms with E-state index in [1.54, 1.807) is 24.5 Å². The van der Waals surface area contributed by atoms with Gasteiger partial charge in [0.05, 0.1) is 24.5 Å². The first-order chi connectivity index (χ1) is 17.0. The highest BCUT2D eigenvalue weighted by molar-refractivity contribution is 7.18. The standard InChI is InChI=1S/C27H28N4O3S/c1-4-34-22-12-10-18-7-5-6-8-19(18)21(22)14-29-30-25(32)17(3)31-15-28-26-24(27(31)33)20-11-9-16(2)13-23(20)35-26/h5-8,10,12,14-17H,4,9,11,13H2,1-3H3,(H,30,32)/b29-14-/t16-,17+/m0/s1. The highest BCUT2D eigenvalue weighted by atomic mass is 32.1. The summed E-state index contributed by atoms with van der Waals surface area (Å²) in [5.41, 5.74) is 4.33. The van der Waals surface area contributed by atoms with Gasteiger partial charge in [-0.15, -0.1) is 11.3 Å². The number of amides is 1. The minimum atomic E-state index is -0.756. The highest BCUT2D eigenvalue weighted by Crippen LogP contribution is 2.35. The Morgan fingerprint density at radius 2 is 2.17 bits per heavy atom. The molecule has 7 nitrogen and oxygen atoms in total. The lowest BCUT2D eigenvalue weighted by molar-refractivity contribution is -0.123. The number of nitrogens with zero attached hydrogens (tertiary/aromatic N) is 3. The van der Waals surface area contributed by atoms with Crippen LogP contribution >= 0.6 is 11.3 Å². The van der Waals surface area contributed by atoms with Crippen molar-refractivity contribution in [3.8, 4) is 5.75 Å². The molecule has 0 spiro atoms.